The van der Waals surface area contributed by atoms with Crippen LogP contribution in [0.3, 0.4) is 0 Å². The number of nitrogens with one attached hydrogen (secondary N) is 1. The van der Waals surface area contributed by atoms with Crippen LogP contribution in [-0.4, -0.2) is 30.3 Å². The fraction of sp³-hybridized carbons (Fsp3) is 0.103. The van der Waals surface area contributed by atoms with Crippen LogP contribution in [0, 0.1) is 13.8 Å². The largest absolute Gasteiger partial charge is 0.452 e. The van der Waals surface area contributed by atoms with E-state index in [9.17, 15) is 19.2 Å². The molecule has 0 saturated heterocycles. The van der Waals surface area contributed by atoms with Gasteiger partial charge in [0, 0.05) is 22.2 Å². The van der Waals surface area contributed by atoms with Crippen LogP contribution < -0.4 is 10.2 Å². The molecule has 0 bridgehead atoms. The van der Waals surface area contributed by atoms with Gasteiger partial charge in [0.05, 0.1) is 11.3 Å². The van der Waals surface area contributed by atoms with E-state index in [4.69, 9.17) is 4.74 Å². The van der Waals surface area contributed by atoms with Gasteiger partial charge >= 0.3 is 5.97 Å². The summed E-state index contributed by atoms with van der Waals surface area (Å²) in [5.41, 5.74) is 4.05. The van der Waals surface area contributed by atoms with Crippen LogP contribution in [0.25, 0.3) is 10.8 Å². The molecule has 178 valence electrons. The van der Waals surface area contributed by atoms with Crippen molar-refractivity contribution in [3.8, 4) is 0 Å². The van der Waals surface area contributed by atoms with E-state index in [2.05, 4.69) is 5.32 Å². The van der Waals surface area contributed by atoms with Gasteiger partial charge in [-0.1, -0.05) is 36.4 Å². The van der Waals surface area contributed by atoms with Crippen molar-refractivity contribution in [2.45, 2.75) is 13.8 Å². The zero-order chi connectivity index (χ0) is 25.4. The topological polar surface area (TPSA) is 92.8 Å². The number of ether oxygens (including phenoxy) is 1. The molecule has 1 aliphatic heterocycles. The standard InChI is InChI=1S/C29H22N2O5/c1-17-6-3-11-24(18(17)2)30-25(32)16-36-29(35)20-12-14-21(15-13-20)31-27(33)22-9-4-7-19-8-5-10-23(26(19)22)28(31)34/h3-15H,16H2,1-2H3,(H,30,32). The molecule has 0 spiro atoms. The number of nitrogens with zero attached hydrogens (tertiary/aromatic N) is 1. The Hall–Kier alpha value is -4.78. The van der Waals surface area contributed by atoms with Crippen molar-refractivity contribution < 1.29 is 23.9 Å². The van der Waals surface area contributed by atoms with Crippen LogP contribution in [0.4, 0.5) is 11.4 Å². The molecular formula is C29H22N2O5. The molecular weight excluding hydrogens is 456 g/mol. The maximum absolute atomic E-state index is 13.2. The van der Waals surface area contributed by atoms with E-state index in [1.54, 1.807) is 30.3 Å². The normalized spacial score (nSPS) is 12.6. The Morgan fingerprint density at radius 2 is 1.42 bits per heavy atom. The Kier molecular flexibility index (Phi) is 5.82. The average Bonchev–Trinajstić information content (AvgIpc) is 2.89. The minimum atomic E-state index is -0.691. The zero-order valence-corrected chi connectivity index (χ0v) is 19.7. The molecule has 36 heavy (non-hydrogen) atoms. The van der Waals surface area contributed by atoms with E-state index in [0.29, 0.717) is 27.9 Å². The first-order valence-corrected chi connectivity index (χ1v) is 11.4. The Morgan fingerprint density at radius 3 is 2.06 bits per heavy atom. The number of imide groups is 1. The second kappa shape index (κ2) is 9.11. The molecule has 0 fully saturated rings. The summed E-state index contributed by atoms with van der Waals surface area (Å²) >= 11 is 0. The monoisotopic (exact) mass is 478 g/mol. The Morgan fingerprint density at radius 1 is 0.806 bits per heavy atom. The molecule has 5 rings (SSSR count). The molecule has 0 saturated carbocycles. The minimum absolute atomic E-state index is 0.192. The number of hydrogen-bond donors (Lipinski definition) is 1. The Labute approximate surface area is 207 Å². The van der Waals surface area contributed by atoms with Gasteiger partial charge in [-0.3, -0.25) is 14.4 Å². The van der Waals surface area contributed by atoms with Gasteiger partial charge in [0.2, 0.25) is 0 Å². The lowest BCUT2D eigenvalue weighted by Gasteiger charge is -2.27. The summed E-state index contributed by atoms with van der Waals surface area (Å²) in [4.78, 5) is 52.2. The van der Waals surface area contributed by atoms with Gasteiger partial charge in [0.25, 0.3) is 17.7 Å². The molecule has 0 aromatic heterocycles. The van der Waals surface area contributed by atoms with Crippen LogP contribution in [0.1, 0.15) is 42.2 Å². The van der Waals surface area contributed by atoms with E-state index in [0.717, 1.165) is 21.4 Å². The smallest absolute Gasteiger partial charge is 0.338 e. The van der Waals surface area contributed by atoms with Crippen LogP contribution in [-0.2, 0) is 9.53 Å². The first kappa shape index (κ1) is 23.0. The number of amides is 3. The highest BCUT2D eigenvalue weighted by Crippen LogP contribution is 2.32. The Bertz CT molecular complexity index is 1510. The SMILES string of the molecule is Cc1cccc(NC(=O)COC(=O)c2ccc(N3C(=O)c4cccc5cccc(c45)C3=O)cc2)c1C. The summed E-state index contributed by atoms with van der Waals surface area (Å²) < 4.78 is 5.15. The quantitative estimate of drug-likeness (QED) is 0.320. The van der Waals surface area contributed by atoms with Crippen molar-refractivity contribution in [2.75, 3.05) is 16.8 Å². The highest BCUT2D eigenvalue weighted by molar-refractivity contribution is 6.35. The molecule has 1 N–H and O–H groups in total. The number of aryl methyl sites for hydroxylation is 1. The Balaban J connectivity index is 1.29. The summed E-state index contributed by atoms with van der Waals surface area (Å²) in [7, 11) is 0. The molecule has 3 amide bonds. The fourth-order valence-corrected chi connectivity index (χ4v) is 4.30. The lowest BCUT2D eigenvalue weighted by atomic mass is 9.94. The van der Waals surface area contributed by atoms with Crippen LogP contribution >= 0.6 is 0 Å². The summed E-state index contributed by atoms with van der Waals surface area (Å²) in [5.74, 6) is -2.00. The zero-order valence-electron chi connectivity index (χ0n) is 19.7. The molecule has 0 atom stereocenters. The van der Waals surface area contributed by atoms with E-state index in [1.165, 1.54) is 24.3 Å². The van der Waals surface area contributed by atoms with Crippen LogP contribution in [0.15, 0.2) is 78.9 Å². The third-order valence-corrected chi connectivity index (χ3v) is 6.35. The van der Waals surface area contributed by atoms with Gasteiger partial charge in [-0.25, -0.2) is 9.69 Å². The van der Waals surface area contributed by atoms with E-state index < -0.39 is 30.3 Å². The van der Waals surface area contributed by atoms with Gasteiger partial charge in [0.1, 0.15) is 0 Å². The minimum Gasteiger partial charge on any atom is -0.452 e. The molecule has 0 unspecified atom stereocenters. The summed E-state index contributed by atoms with van der Waals surface area (Å²) in [5, 5.41) is 4.21. The van der Waals surface area contributed by atoms with Gasteiger partial charge in [-0.2, -0.15) is 0 Å². The molecule has 7 heteroatoms. The lowest BCUT2D eigenvalue weighted by Crippen LogP contribution is -2.40. The summed E-state index contributed by atoms with van der Waals surface area (Å²) in [6.07, 6.45) is 0. The second-order valence-corrected chi connectivity index (χ2v) is 8.57. The fourth-order valence-electron chi connectivity index (χ4n) is 4.30. The molecule has 4 aromatic carbocycles. The maximum atomic E-state index is 13.2. The van der Waals surface area contributed by atoms with Crippen molar-refractivity contribution in [3.63, 3.8) is 0 Å². The molecule has 7 nitrogen and oxygen atoms in total. The first-order chi connectivity index (χ1) is 17.3. The van der Waals surface area contributed by atoms with Crippen molar-refractivity contribution in [3.05, 3.63) is 107 Å². The van der Waals surface area contributed by atoms with Gasteiger partial charge in [-0.15, -0.1) is 0 Å². The first-order valence-electron chi connectivity index (χ1n) is 11.4. The molecule has 4 aromatic rings. The molecule has 0 aliphatic carbocycles. The molecule has 0 radical (unpaired) electrons. The number of benzene rings is 4. The summed E-state index contributed by atoms with van der Waals surface area (Å²) in [6, 6.07) is 22.2. The summed E-state index contributed by atoms with van der Waals surface area (Å²) in [6.45, 7) is 3.39. The number of anilines is 2. The third-order valence-electron chi connectivity index (χ3n) is 6.35. The number of esters is 1. The molecule has 1 aliphatic rings. The van der Waals surface area contributed by atoms with Crippen molar-refractivity contribution in [1.82, 2.24) is 0 Å². The third kappa shape index (κ3) is 4.01. The van der Waals surface area contributed by atoms with Crippen molar-refractivity contribution in [2.24, 2.45) is 0 Å². The predicted octanol–water partition coefficient (Wildman–Crippen LogP) is 5.05. The molecule has 1 heterocycles. The van der Waals surface area contributed by atoms with E-state index in [1.807, 2.05) is 38.1 Å². The van der Waals surface area contributed by atoms with Crippen LogP contribution in [0.5, 0.6) is 0 Å². The average molecular weight is 479 g/mol. The number of carbonyl (C=O) groups is 4. The van der Waals surface area contributed by atoms with Crippen LogP contribution in [0.2, 0.25) is 0 Å². The van der Waals surface area contributed by atoms with Crippen molar-refractivity contribution >= 4 is 45.8 Å². The highest BCUT2D eigenvalue weighted by atomic mass is 16.5. The van der Waals surface area contributed by atoms with Crippen molar-refractivity contribution in [1.29, 1.82) is 0 Å². The number of rotatable bonds is 5. The lowest BCUT2D eigenvalue weighted by molar-refractivity contribution is -0.119. The van der Waals surface area contributed by atoms with Gasteiger partial charge < -0.3 is 10.1 Å². The number of carbonyl (C=O) groups excluding carboxylic acids is 4. The predicted molar refractivity (Wildman–Crippen MR) is 136 cm³/mol. The van der Waals surface area contributed by atoms with Gasteiger partial charge in [-0.05, 0) is 72.8 Å². The maximum Gasteiger partial charge on any atom is 0.338 e. The van der Waals surface area contributed by atoms with E-state index >= 15 is 0 Å². The van der Waals surface area contributed by atoms with Gasteiger partial charge in [0.15, 0.2) is 6.61 Å². The number of hydrogen-bond acceptors (Lipinski definition) is 5. The van der Waals surface area contributed by atoms with E-state index in [-0.39, 0.29) is 5.56 Å². The highest BCUT2D eigenvalue weighted by Gasteiger charge is 2.33. The second-order valence-electron chi connectivity index (χ2n) is 8.57.